The zero-order valence-electron chi connectivity index (χ0n) is 6.88. The van der Waals surface area contributed by atoms with E-state index in [-0.39, 0.29) is 5.33 Å². The number of rotatable bonds is 2. The zero-order chi connectivity index (χ0) is 10.0. The van der Waals surface area contributed by atoms with E-state index in [4.69, 9.17) is 0 Å². The highest BCUT2D eigenvalue weighted by Crippen LogP contribution is 2.24. The maximum atomic E-state index is 13.2. The largest absolute Gasteiger partial charge is 0.305 e. The summed E-state index contributed by atoms with van der Waals surface area (Å²) in [5.41, 5.74) is 0.531. The van der Waals surface area contributed by atoms with Crippen molar-refractivity contribution in [3.05, 3.63) is 39.2 Å². The molecule has 0 heterocycles. The van der Waals surface area contributed by atoms with Crippen molar-refractivity contribution < 1.29 is 9.31 Å². The van der Waals surface area contributed by atoms with E-state index < -0.39 is 16.4 Å². The Balaban J connectivity index is 3.35. The average Bonchev–Trinajstić information content (AvgIpc) is 2.08. The summed E-state index contributed by atoms with van der Waals surface area (Å²) >= 11 is 3.06. The topological polar surface area (TPSA) is 43.1 Å². The van der Waals surface area contributed by atoms with Crippen LogP contribution in [0.5, 0.6) is 0 Å². The molecule has 0 amide bonds. The summed E-state index contributed by atoms with van der Waals surface area (Å²) in [5, 5.41) is 10.7. The van der Waals surface area contributed by atoms with Gasteiger partial charge in [-0.2, -0.15) is 4.39 Å². The molecule has 0 atom stereocenters. The molecule has 0 aliphatic rings. The van der Waals surface area contributed by atoms with Crippen LogP contribution in [0.4, 0.5) is 10.1 Å². The van der Waals surface area contributed by atoms with Gasteiger partial charge in [0, 0.05) is 17.0 Å². The van der Waals surface area contributed by atoms with Gasteiger partial charge in [-0.05, 0) is 12.5 Å². The lowest BCUT2D eigenvalue weighted by Gasteiger charge is -2.01. The molecule has 0 fully saturated rings. The Kier molecular flexibility index (Phi) is 2.98. The molecule has 13 heavy (non-hydrogen) atoms. The third-order valence-corrected chi connectivity index (χ3v) is 2.22. The fourth-order valence-corrected chi connectivity index (χ4v) is 1.46. The van der Waals surface area contributed by atoms with E-state index in [1.165, 1.54) is 6.07 Å². The van der Waals surface area contributed by atoms with Crippen LogP contribution in [-0.4, -0.2) is 4.92 Å². The van der Waals surface area contributed by atoms with Crippen LogP contribution in [0.2, 0.25) is 0 Å². The maximum Gasteiger partial charge on any atom is 0.305 e. The standard InChI is InChI=1S/C8H7BrFNO2/c1-5-2-6(4-9)8(10)7(3-5)11(12)13/h2-3H,4H2,1H3. The van der Waals surface area contributed by atoms with Gasteiger partial charge in [0.15, 0.2) is 0 Å². The lowest BCUT2D eigenvalue weighted by molar-refractivity contribution is -0.387. The molecule has 0 spiro atoms. The molecule has 0 aromatic heterocycles. The van der Waals surface area contributed by atoms with Crippen LogP contribution in [0, 0.1) is 22.9 Å². The predicted octanol–water partition coefficient (Wildman–Crippen LogP) is 2.94. The number of benzene rings is 1. The third kappa shape index (κ3) is 2.03. The highest BCUT2D eigenvalue weighted by Gasteiger charge is 2.17. The predicted molar refractivity (Wildman–Crippen MR) is 50.4 cm³/mol. The van der Waals surface area contributed by atoms with Crippen molar-refractivity contribution in [2.24, 2.45) is 0 Å². The minimum absolute atomic E-state index is 0.279. The van der Waals surface area contributed by atoms with Crippen molar-refractivity contribution in [3.63, 3.8) is 0 Å². The number of aryl methyl sites for hydroxylation is 1. The Morgan fingerprint density at radius 3 is 2.69 bits per heavy atom. The lowest BCUT2D eigenvalue weighted by Crippen LogP contribution is -1.97. The number of alkyl halides is 1. The van der Waals surface area contributed by atoms with Crippen LogP contribution in [0.15, 0.2) is 12.1 Å². The number of nitro groups is 1. The quantitative estimate of drug-likeness (QED) is 0.458. The Bertz CT molecular complexity index is 354. The number of hydrogen-bond acceptors (Lipinski definition) is 2. The number of hydrogen-bond donors (Lipinski definition) is 0. The van der Waals surface area contributed by atoms with Crippen LogP contribution < -0.4 is 0 Å². The molecular formula is C8H7BrFNO2. The molecule has 0 N–H and O–H groups in total. The second-order valence-electron chi connectivity index (χ2n) is 2.65. The lowest BCUT2D eigenvalue weighted by atomic mass is 10.1. The summed E-state index contributed by atoms with van der Waals surface area (Å²) in [4.78, 5) is 9.68. The SMILES string of the molecule is Cc1cc(CBr)c(F)c([N+](=O)[O-])c1. The van der Waals surface area contributed by atoms with Gasteiger partial charge in [0.1, 0.15) is 0 Å². The van der Waals surface area contributed by atoms with Crippen LogP contribution >= 0.6 is 15.9 Å². The molecule has 0 aliphatic heterocycles. The molecular weight excluding hydrogens is 241 g/mol. The highest BCUT2D eigenvalue weighted by atomic mass is 79.9. The van der Waals surface area contributed by atoms with Crippen molar-refractivity contribution in [2.45, 2.75) is 12.3 Å². The van der Waals surface area contributed by atoms with E-state index in [2.05, 4.69) is 15.9 Å². The molecule has 1 rings (SSSR count). The molecule has 0 radical (unpaired) electrons. The average molecular weight is 248 g/mol. The van der Waals surface area contributed by atoms with Crippen molar-refractivity contribution in [1.29, 1.82) is 0 Å². The van der Waals surface area contributed by atoms with Gasteiger partial charge in [0.05, 0.1) is 4.92 Å². The van der Waals surface area contributed by atoms with Crippen molar-refractivity contribution in [1.82, 2.24) is 0 Å². The maximum absolute atomic E-state index is 13.2. The van der Waals surface area contributed by atoms with Crippen LogP contribution in [0.1, 0.15) is 11.1 Å². The zero-order valence-corrected chi connectivity index (χ0v) is 8.47. The Hall–Kier alpha value is -0.970. The molecule has 1 aromatic carbocycles. The Morgan fingerprint density at radius 1 is 1.62 bits per heavy atom. The summed E-state index contributed by atoms with van der Waals surface area (Å²) in [6.07, 6.45) is 0. The monoisotopic (exact) mass is 247 g/mol. The summed E-state index contributed by atoms with van der Waals surface area (Å²) in [7, 11) is 0. The van der Waals surface area contributed by atoms with Gasteiger partial charge in [0.25, 0.3) is 0 Å². The number of halogens is 2. The van der Waals surface area contributed by atoms with E-state index in [0.717, 1.165) is 0 Å². The van der Waals surface area contributed by atoms with Crippen molar-refractivity contribution in [2.75, 3.05) is 0 Å². The molecule has 0 saturated heterocycles. The Morgan fingerprint density at radius 2 is 2.23 bits per heavy atom. The van der Waals surface area contributed by atoms with E-state index in [9.17, 15) is 14.5 Å². The molecule has 0 unspecified atom stereocenters. The molecule has 5 heteroatoms. The van der Waals surface area contributed by atoms with E-state index in [0.29, 0.717) is 11.1 Å². The Labute approximate surface area is 82.8 Å². The molecule has 0 bridgehead atoms. The van der Waals surface area contributed by atoms with Gasteiger partial charge < -0.3 is 0 Å². The molecule has 3 nitrogen and oxygen atoms in total. The normalized spacial score (nSPS) is 10.1. The van der Waals surface area contributed by atoms with Gasteiger partial charge in [-0.1, -0.05) is 22.0 Å². The number of nitro benzene ring substituents is 1. The minimum Gasteiger partial charge on any atom is -0.258 e. The summed E-state index contributed by atoms with van der Waals surface area (Å²) in [6.45, 7) is 1.69. The van der Waals surface area contributed by atoms with Gasteiger partial charge in [0.2, 0.25) is 5.82 Å². The van der Waals surface area contributed by atoms with Crippen LogP contribution in [0.3, 0.4) is 0 Å². The molecule has 70 valence electrons. The summed E-state index contributed by atoms with van der Waals surface area (Å²) < 4.78 is 13.2. The van der Waals surface area contributed by atoms with Gasteiger partial charge in [-0.3, -0.25) is 10.1 Å². The fourth-order valence-electron chi connectivity index (χ4n) is 1.05. The van der Waals surface area contributed by atoms with Gasteiger partial charge >= 0.3 is 5.69 Å². The summed E-state index contributed by atoms with van der Waals surface area (Å²) in [6, 6.07) is 2.80. The summed E-state index contributed by atoms with van der Waals surface area (Å²) in [5.74, 6) is -0.757. The molecule has 1 aromatic rings. The second kappa shape index (κ2) is 3.83. The minimum atomic E-state index is -0.757. The third-order valence-electron chi connectivity index (χ3n) is 1.61. The van der Waals surface area contributed by atoms with E-state index in [1.54, 1.807) is 13.0 Å². The van der Waals surface area contributed by atoms with Crippen LogP contribution in [-0.2, 0) is 5.33 Å². The fraction of sp³-hybridized carbons (Fsp3) is 0.250. The first-order chi connectivity index (χ1) is 6.06. The van der Waals surface area contributed by atoms with Gasteiger partial charge in [-0.25, -0.2) is 0 Å². The van der Waals surface area contributed by atoms with Gasteiger partial charge in [-0.15, -0.1) is 0 Å². The smallest absolute Gasteiger partial charge is 0.258 e. The molecule has 0 saturated carbocycles. The van der Waals surface area contributed by atoms with Crippen LogP contribution in [0.25, 0.3) is 0 Å². The van der Waals surface area contributed by atoms with Crippen molar-refractivity contribution in [3.8, 4) is 0 Å². The highest BCUT2D eigenvalue weighted by molar-refractivity contribution is 9.08. The van der Waals surface area contributed by atoms with E-state index >= 15 is 0 Å². The number of nitrogens with zero attached hydrogens (tertiary/aromatic N) is 1. The first kappa shape index (κ1) is 10.1. The second-order valence-corrected chi connectivity index (χ2v) is 3.21. The van der Waals surface area contributed by atoms with Crippen molar-refractivity contribution >= 4 is 21.6 Å². The van der Waals surface area contributed by atoms with E-state index in [1.807, 2.05) is 0 Å². The molecule has 0 aliphatic carbocycles. The first-order valence-electron chi connectivity index (χ1n) is 3.55. The first-order valence-corrected chi connectivity index (χ1v) is 4.67.